The van der Waals surface area contributed by atoms with Gasteiger partial charge in [-0.15, -0.1) is 6.58 Å². The van der Waals surface area contributed by atoms with Crippen molar-refractivity contribution in [2.45, 2.75) is 6.42 Å². The SMILES string of the molecule is C=CC1CC1(COC)COC. The molecule has 0 aromatic heterocycles. The van der Waals surface area contributed by atoms with Crippen LogP contribution in [0.4, 0.5) is 0 Å². The Bertz CT molecular complexity index is 136. The lowest BCUT2D eigenvalue weighted by Crippen LogP contribution is -2.17. The fourth-order valence-electron chi connectivity index (χ4n) is 1.66. The van der Waals surface area contributed by atoms with Crippen LogP contribution in [0.2, 0.25) is 0 Å². The average Bonchev–Trinajstić information content (AvgIpc) is 2.65. The minimum absolute atomic E-state index is 0.255. The van der Waals surface area contributed by atoms with Gasteiger partial charge in [0.1, 0.15) is 0 Å². The molecule has 0 aromatic rings. The Morgan fingerprint density at radius 1 is 1.45 bits per heavy atom. The van der Waals surface area contributed by atoms with E-state index in [1.54, 1.807) is 14.2 Å². The Hall–Kier alpha value is -0.340. The van der Waals surface area contributed by atoms with Crippen LogP contribution < -0.4 is 0 Å². The molecule has 1 fully saturated rings. The largest absolute Gasteiger partial charge is 0.384 e. The van der Waals surface area contributed by atoms with E-state index in [2.05, 4.69) is 6.58 Å². The van der Waals surface area contributed by atoms with Crippen LogP contribution in [0.15, 0.2) is 12.7 Å². The van der Waals surface area contributed by atoms with Crippen molar-refractivity contribution in [3.05, 3.63) is 12.7 Å². The van der Waals surface area contributed by atoms with Crippen LogP contribution in [0.5, 0.6) is 0 Å². The van der Waals surface area contributed by atoms with Gasteiger partial charge in [-0.2, -0.15) is 0 Å². The molecule has 11 heavy (non-hydrogen) atoms. The highest BCUT2D eigenvalue weighted by Crippen LogP contribution is 2.53. The maximum Gasteiger partial charge on any atom is 0.0546 e. The highest BCUT2D eigenvalue weighted by molar-refractivity contribution is 5.09. The highest BCUT2D eigenvalue weighted by atomic mass is 16.5. The number of hydrogen-bond acceptors (Lipinski definition) is 2. The van der Waals surface area contributed by atoms with Gasteiger partial charge in [0.25, 0.3) is 0 Å². The number of methoxy groups -OCH3 is 2. The fourth-order valence-corrected chi connectivity index (χ4v) is 1.66. The molecule has 0 spiro atoms. The summed E-state index contributed by atoms with van der Waals surface area (Å²) in [5.41, 5.74) is 0.255. The van der Waals surface area contributed by atoms with E-state index in [9.17, 15) is 0 Å². The van der Waals surface area contributed by atoms with Crippen LogP contribution >= 0.6 is 0 Å². The Labute approximate surface area is 68.2 Å². The van der Waals surface area contributed by atoms with Gasteiger partial charge in [-0.1, -0.05) is 6.08 Å². The number of allylic oxidation sites excluding steroid dienone is 1. The molecule has 0 amide bonds. The molecule has 1 unspecified atom stereocenters. The summed E-state index contributed by atoms with van der Waals surface area (Å²) in [7, 11) is 3.46. The second kappa shape index (κ2) is 3.37. The van der Waals surface area contributed by atoms with Gasteiger partial charge in [0.2, 0.25) is 0 Å². The molecule has 0 aliphatic heterocycles. The third-order valence-electron chi connectivity index (χ3n) is 2.40. The smallest absolute Gasteiger partial charge is 0.0546 e. The van der Waals surface area contributed by atoms with Gasteiger partial charge in [-0.25, -0.2) is 0 Å². The summed E-state index contributed by atoms with van der Waals surface area (Å²) in [6.45, 7) is 5.35. The van der Waals surface area contributed by atoms with E-state index < -0.39 is 0 Å². The first-order valence-corrected chi connectivity index (χ1v) is 3.89. The molecular weight excluding hydrogens is 140 g/mol. The van der Waals surface area contributed by atoms with Gasteiger partial charge < -0.3 is 9.47 Å². The summed E-state index contributed by atoms with van der Waals surface area (Å²) in [5, 5.41) is 0. The number of hydrogen-bond donors (Lipinski definition) is 0. The lowest BCUT2D eigenvalue weighted by atomic mass is 10.1. The summed E-state index contributed by atoms with van der Waals surface area (Å²) in [6, 6.07) is 0. The number of ether oxygens (including phenoxy) is 2. The minimum Gasteiger partial charge on any atom is -0.384 e. The standard InChI is InChI=1S/C9H16O2/c1-4-8-5-9(8,6-10-2)7-11-3/h4,8H,1,5-7H2,2-3H3. The molecule has 1 saturated carbocycles. The van der Waals surface area contributed by atoms with Gasteiger partial charge in [0.05, 0.1) is 13.2 Å². The van der Waals surface area contributed by atoms with Crippen molar-refractivity contribution in [2.75, 3.05) is 27.4 Å². The van der Waals surface area contributed by atoms with E-state index in [1.165, 1.54) is 0 Å². The first-order chi connectivity index (χ1) is 5.29. The Morgan fingerprint density at radius 3 is 2.27 bits per heavy atom. The van der Waals surface area contributed by atoms with E-state index >= 15 is 0 Å². The molecule has 1 atom stereocenters. The molecular formula is C9H16O2. The predicted molar refractivity (Wildman–Crippen MR) is 44.5 cm³/mol. The van der Waals surface area contributed by atoms with Crippen LogP contribution in [0.25, 0.3) is 0 Å². The summed E-state index contributed by atoms with van der Waals surface area (Å²) in [5.74, 6) is 0.599. The third-order valence-corrected chi connectivity index (χ3v) is 2.40. The van der Waals surface area contributed by atoms with Gasteiger partial charge in [0.15, 0.2) is 0 Å². The molecule has 0 N–H and O–H groups in total. The lowest BCUT2D eigenvalue weighted by molar-refractivity contribution is 0.0658. The highest BCUT2D eigenvalue weighted by Gasteiger charge is 2.52. The fraction of sp³-hybridized carbons (Fsp3) is 0.778. The maximum atomic E-state index is 5.13. The molecule has 1 rings (SSSR count). The van der Waals surface area contributed by atoms with E-state index in [-0.39, 0.29) is 5.41 Å². The quantitative estimate of drug-likeness (QED) is 0.561. The average molecular weight is 156 g/mol. The minimum atomic E-state index is 0.255. The molecule has 1 aliphatic rings. The molecule has 0 heterocycles. The van der Waals surface area contributed by atoms with Gasteiger partial charge in [-0.05, 0) is 12.3 Å². The van der Waals surface area contributed by atoms with Crippen molar-refractivity contribution in [2.24, 2.45) is 11.3 Å². The van der Waals surface area contributed by atoms with Crippen LogP contribution in [0.3, 0.4) is 0 Å². The predicted octanol–water partition coefficient (Wildman–Crippen LogP) is 1.47. The van der Waals surface area contributed by atoms with Crippen LogP contribution in [0.1, 0.15) is 6.42 Å². The molecule has 0 bridgehead atoms. The zero-order valence-corrected chi connectivity index (χ0v) is 7.30. The summed E-state index contributed by atoms with van der Waals surface area (Å²) in [6.07, 6.45) is 3.16. The van der Waals surface area contributed by atoms with Crippen molar-refractivity contribution in [1.29, 1.82) is 0 Å². The van der Waals surface area contributed by atoms with Gasteiger partial charge >= 0.3 is 0 Å². The molecule has 1 aliphatic carbocycles. The van der Waals surface area contributed by atoms with Crippen LogP contribution in [-0.4, -0.2) is 27.4 Å². The van der Waals surface area contributed by atoms with E-state index in [4.69, 9.17) is 9.47 Å². The summed E-state index contributed by atoms with van der Waals surface area (Å²) in [4.78, 5) is 0. The Balaban J connectivity index is 2.40. The normalized spacial score (nSPS) is 26.5. The molecule has 64 valence electrons. The van der Waals surface area contributed by atoms with E-state index in [0.29, 0.717) is 5.92 Å². The first kappa shape index (κ1) is 8.75. The van der Waals surface area contributed by atoms with Crippen molar-refractivity contribution in [1.82, 2.24) is 0 Å². The molecule has 2 heteroatoms. The molecule has 2 nitrogen and oxygen atoms in total. The van der Waals surface area contributed by atoms with Crippen molar-refractivity contribution in [3.8, 4) is 0 Å². The van der Waals surface area contributed by atoms with Crippen LogP contribution in [-0.2, 0) is 9.47 Å². The van der Waals surface area contributed by atoms with Crippen molar-refractivity contribution in [3.63, 3.8) is 0 Å². The zero-order valence-electron chi connectivity index (χ0n) is 7.30. The van der Waals surface area contributed by atoms with Crippen molar-refractivity contribution >= 4 is 0 Å². The molecule has 0 radical (unpaired) electrons. The molecule has 0 aromatic carbocycles. The second-order valence-electron chi connectivity index (χ2n) is 3.27. The maximum absolute atomic E-state index is 5.13. The summed E-state index contributed by atoms with van der Waals surface area (Å²) >= 11 is 0. The van der Waals surface area contributed by atoms with Crippen LogP contribution in [0, 0.1) is 11.3 Å². The Morgan fingerprint density at radius 2 is 2.00 bits per heavy atom. The third kappa shape index (κ3) is 1.63. The Kier molecular flexibility index (Phi) is 2.68. The van der Waals surface area contributed by atoms with E-state index in [0.717, 1.165) is 19.6 Å². The van der Waals surface area contributed by atoms with Gasteiger partial charge in [0, 0.05) is 19.6 Å². The number of rotatable bonds is 5. The first-order valence-electron chi connectivity index (χ1n) is 3.89. The monoisotopic (exact) mass is 156 g/mol. The zero-order chi connectivity index (χ0) is 8.32. The van der Waals surface area contributed by atoms with Crippen molar-refractivity contribution < 1.29 is 9.47 Å². The van der Waals surface area contributed by atoms with Gasteiger partial charge in [-0.3, -0.25) is 0 Å². The van der Waals surface area contributed by atoms with E-state index in [1.807, 2.05) is 6.08 Å². The molecule has 0 saturated heterocycles. The summed E-state index contributed by atoms with van der Waals surface area (Å²) < 4.78 is 10.3. The second-order valence-corrected chi connectivity index (χ2v) is 3.27. The topological polar surface area (TPSA) is 18.5 Å². The lowest BCUT2D eigenvalue weighted by Gasteiger charge is -2.13.